The molecule has 1 aliphatic heterocycles. The van der Waals surface area contributed by atoms with Gasteiger partial charge in [-0.2, -0.15) is 0 Å². The molecule has 1 amide bonds. The number of carbonyl (C=O) groups excluding carboxylic acids is 1. The van der Waals surface area contributed by atoms with Gasteiger partial charge in [0.05, 0.1) is 6.04 Å². The molecule has 0 unspecified atom stereocenters. The lowest BCUT2D eigenvalue weighted by Gasteiger charge is -2.39. The Bertz CT molecular complexity index is 806. The van der Waals surface area contributed by atoms with E-state index in [1.807, 2.05) is 48.8 Å². The van der Waals surface area contributed by atoms with Crippen LogP contribution in [0.1, 0.15) is 23.6 Å². The zero-order chi connectivity index (χ0) is 18.1. The minimum absolute atomic E-state index is 0.00229. The summed E-state index contributed by atoms with van der Waals surface area (Å²) in [7, 11) is 0. The molecule has 0 N–H and O–H groups in total. The summed E-state index contributed by atoms with van der Waals surface area (Å²) in [6.45, 7) is 7.36. The third-order valence-electron chi connectivity index (χ3n) is 5.04. The number of halogens is 2. The van der Waals surface area contributed by atoms with Gasteiger partial charge in [0, 0.05) is 37.0 Å². The predicted molar refractivity (Wildman–Crippen MR) is 94.5 cm³/mol. The van der Waals surface area contributed by atoms with E-state index < -0.39 is 11.6 Å². The van der Waals surface area contributed by atoms with Gasteiger partial charge < -0.3 is 4.90 Å². The monoisotopic (exact) mass is 344 g/mol. The fourth-order valence-electron chi connectivity index (χ4n) is 3.27. The molecule has 1 saturated heterocycles. The van der Waals surface area contributed by atoms with Gasteiger partial charge in [0.15, 0.2) is 0 Å². The van der Waals surface area contributed by atoms with Gasteiger partial charge in [-0.25, -0.2) is 8.78 Å². The second-order valence-electron chi connectivity index (χ2n) is 6.59. The first kappa shape index (κ1) is 17.5. The van der Waals surface area contributed by atoms with Crippen molar-refractivity contribution in [3.05, 3.63) is 64.7 Å². The first-order valence-electron chi connectivity index (χ1n) is 8.44. The Morgan fingerprint density at radius 1 is 1.12 bits per heavy atom. The predicted octanol–water partition coefficient (Wildman–Crippen LogP) is 3.82. The summed E-state index contributed by atoms with van der Waals surface area (Å²) < 4.78 is 27.0. The van der Waals surface area contributed by atoms with Crippen molar-refractivity contribution in [2.45, 2.75) is 33.4 Å². The van der Waals surface area contributed by atoms with Crippen LogP contribution in [-0.2, 0) is 11.3 Å². The average Bonchev–Trinajstić information content (AvgIpc) is 2.57. The Morgan fingerprint density at radius 2 is 1.88 bits per heavy atom. The largest absolute Gasteiger partial charge is 0.310 e. The Balaban J connectivity index is 1.78. The molecule has 5 heteroatoms. The minimum Gasteiger partial charge on any atom is -0.310 e. The molecule has 3 nitrogen and oxygen atoms in total. The molecular weight excluding hydrogens is 322 g/mol. The molecule has 0 saturated carbocycles. The van der Waals surface area contributed by atoms with Crippen molar-refractivity contribution in [2.75, 3.05) is 18.0 Å². The van der Waals surface area contributed by atoms with Crippen molar-refractivity contribution in [3.63, 3.8) is 0 Å². The molecule has 2 aromatic rings. The molecule has 2 aromatic carbocycles. The van der Waals surface area contributed by atoms with Gasteiger partial charge in [0.1, 0.15) is 11.6 Å². The van der Waals surface area contributed by atoms with Gasteiger partial charge in [0.2, 0.25) is 5.91 Å². The van der Waals surface area contributed by atoms with E-state index in [4.69, 9.17) is 0 Å². The maximum Gasteiger partial charge on any atom is 0.244 e. The SMILES string of the molecule is Cc1cccc(N2CCN(Cc3ccc(F)cc3F)[C@@H](C)C2=O)c1C. The summed E-state index contributed by atoms with van der Waals surface area (Å²) in [4.78, 5) is 16.6. The van der Waals surface area contributed by atoms with Crippen molar-refractivity contribution in [1.82, 2.24) is 4.90 Å². The van der Waals surface area contributed by atoms with Gasteiger partial charge in [-0.15, -0.1) is 0 Å². The van der Waals surface area contributed by atoms with Crippen LogP contribution in [0.4, 0.5) is 14.5 Å². The van der Waals surface area contributed by atoms with Crippen LogP contribution in [0.5, 0.6) is 0 Å². The lowest BCUT2D eigenvalue weighted by atomic mass is 10.0. The lowest BCUT2D eigenvalue weighted by molar-refractivity contribution is -0.125. The van der Waals surface area contributed by atoms with Crippen LogP contribution in [0, 0.1) is 25.5 Å². The third-order valence-corrected chi connectivity index (χ3v) is 5.04. The summed E-state index contributed by atoms with van der Waals surface area (Å²) in [5.41, 5.74) is 3.58. The molecule has 1 fully saturated rings. The van der Waals surface area contributed by atoms with Crippen molar-refractivity contribution in [1.29, 1.82) is 0 Å². The molecule has 3 rings (SSSR count). The molecule has 1 aliphatic rings. The Labute approximate surface area is 146 Å². The van der Waals surface area contributed by atoms with Crippen molar-refractivity contribution < 1.29 is 13.6 Å². The van der Waals surface area contributed by atoms with Crippen LogP contribution in [0.25, 0.3) is 0 Å². The van der Waals surface area contributed by atoms with Gasteiger partial charge in [-0.1, -0.05) is 18.2 Å². The molecule has 0 bridgehead atoms. The van der Waals surface area contributed by atoms with E-state index >= 15 is 0 Å². The standard InChI is InChI=1S/C20H22F2N2O/c1-13-5-4-6-19(14(13)2)24-10-9-23(15(3)20(24)25)12-16-7-8-17(21)11-18(16)22/h4-8,11,15H,9-10,12H2,1-3H3/t15-/m0/s1. The summed E-state index contributed by atoms with van der Waals surface area (Å²) in [5.74, 6) is -1.16. The molecule has 0 aliphatic carbocycles. The van der Waals surface area contributed by atoms with E-state index in [-0.39, 0.29) is 11.9 Å². The number of anilines is 1. The van der Waals surface area contributed by atoms with E-state index in [2.05, 4.69) is 0 Å². The lowest BCUT2D eigenvalue weighted by Crippen LogP contribution is -2.55. The van der Waals surface area contributed by atoms with Gasteiger partial charge in [-0.05, 0) is 44.0 Å². The third kappa shape index (κ3) is 3.42. The van der Waals surface area contributed by atoms with E-state index in [1.165, 1.54) is 12.1 Å². The Kier molecular flexibility index (Phi) is 4.86. The van der Waals surface area contributed by atoms with Crippen LogP contribution < -0.4 is 4.90 Å². The van der Waals surface area contributed by atoms with Crippen LogP contribution >= 0.6 is 0 Å². The number of nitrogens with zero attached hydrogens (tertiary/aromatic N) is 2. The van der Waals surface area contributed by atoms with Crippen molar-refractivity contribution in [2.24, 2.45) is 0 Å². The van der Waals surface area contributed by atoms with E-state index in [9.17, 15) is 13.6 Å². The minimum atomic E-state index is -0.592. The van der Waals surface area contributed by atoms with Gasteiger partial charge in [-0.3, -0.25) is 9.69 Å². The van der Waals surface area contributed by atoms with Crippen LogP contribution in [0.2, 0.25) is 0 Å². The number of benzene rings is 2. The molecule has 1 heterocycles. The summed E-state index contributed by atoms with van der Waals surface area (Å²) in [6.07, 6.45) is 0. The zero-order valence-electron chi connectivity index (χ0n) is 14.7. The van der Waals surface area contributed by atoms with Crippen molar-refractivity contribution >= 4 is 11.6 Å². The quantitative estimate of drug-likeness (QED) is 0.845. The maximum absolute atomic E-state index is 13.9. The number of aryl methyl sites for hydroxylation is 1. The van der Waals surface area contributed by atoms with Gasteiger partial charge in [0.25, 0.3) is 0 Å². The Hall–Kier alpha value is -2.27. The molecule has 132 valence electrons. The molecule has 0 radical (unpaired) electrons. The summed E-state index contributed by atoms with van der Waals surface area (Å²) in [6, 6.07) is 9.15. The highest BCUT2D eigenvalue weighted by Crippen LogP contribution is 2.27. The normalized spacial score (nSPS) is 18.7. The van der Waals surface area contributed by atoms with Crippen molar-refractivity contribution in [3.8, 4) is 0 Å². The summed E-state index contributed by atoms with van der Waals surface area (Å²) in [5, 5.41) is 0. The fraction of sp³-hybridized carbons (Fsp3) is 0.350. The van der Waals surface area contributed by atoms with Crippen LogP contribution in [0.15, 0.2) is 36.4 Å². The topological polar surface area (TPSA) is 23.6 Å². The number of amides is 1. The first-order chi connectivity index (χ1) is 11.9. The fourth-order valence-corrected chi connectivity index (χ4v) is 3.27. The second kappa shape index (κ2) is 6.92. The second-order valence-corrected chi connectivity index (χ2v) is 6.59. The Morgan fingerprint density at radius 3 is 2.60 bits per heavy atom. The summed E-state index contributed by atoms with van der Waals surface area (Å²) >= 11 is 0. The number of hydrogen-bond donors (Lipinski definition) is 0. The number of rotatable bonds is 3. The van der Waals surface area contributed by atoms with Crippen LogP contribution in [-0.4, -0.2) is 29.9 Å². The smallest absolute Gasteiger partial charge is 0.244 e. The number of carbonyl (C=O) groups is 1. The molecule has 0 aromatic heterocycles. The number of hydrogen-bond acceptors (Lipinski definition) is 2. The van der Waals surface area contributed by atoms with Crippen LogP contribution in [0.3, 0.4) is 0 Å². The van der Waals surface area contributed by atoms with E-state index in [0.717, 1.165) is 22.9 Å². The van der Waals surface area contributed by atoms with E-state index in [0.29, 0.717) is 25.2 Å². The molecule has 25 heavy (non-hydrogen) atoms. The molecular formula is C20H22F2N2O. The zero-order valence-corrected chi connectivity index (χ0v) is 14.7. The highest BCUT2D eigenvalue weighted by atomic mass is 19.1. The highest BCUT2D eigenvalue weighted by Gasteiger charge is 2.33. The molecule has 0 spiro atoms. The number of piperazine rings is 1. The highest BCUT2D eigenvalue weighted by molar-refractivity contribution is 5.98. The van der Waals surface area contributed by atoms with Gasteiger partial charge >= 0.3 is 0 Å². The average molecular weight is 344 g/mol. The molecule has 1 atom stereocenters. The first-order valence-corrected chi connectivity index (χ1v) is 8.44. The van der Waals surface area contributed by atoms with E-state index in [1.54, 1.807) is 0 Å². The maximum atomic E-state index is 13.9.